The zero-order valence-corrected chi connectivity index (χ0v) is 15.5. The van der Waals surface area contributed by atoms with Gasteiger partial charge in [-0.3, -0.25) is 0 Å². The SMILES string of the molecule is COc1cccc(N2CC[C@@H](CNC(=O)N(C)Cc3ccccc3)C2)c1. The summed E-state index contributed by atoms with van der Waals surface area (Å²) in [4.78, 5) is 16.4. The van der Waals surface area contributed by atoms with Gasteiger partial charge in [0.2, 0.25) is 0 Å². The van der Waals surface area contributed by atoms with Gasteiger partial charge in [0.15, 0.2) is 0 Å². The first-order valence-electron chi connectivity index (χ1n) is 9.07. The maximum atomic E-state index is 12.3. The average Bonchev–Trinajstić information content (AvgIpc) is 3.16. The third-order valence-corrected chi connectivity index (χ3v) is 4.86. The minimum absolute atomic E-state index is 0.0197. The molecule has 1 heterocycles. The van der Waals surface area contributed by atoms with Crippen molar-refractivity contribution in [1.29, 1.82) is 0 Å². The molecule has 0 aromatic heterocycles. The van der Waals surface area contributed by atoms with Crippen LogP contribution in [0.3, 0.4) is 0 Å². The number of urea groups is 1. The molecule has 0 aliphatic carbocycles. The van der Waals surface area contributed by atoms with Crippen LogP contribution in [0.25, 0.3) is 0 Å². The van der Waals surface area contributed by atoms with E-state index in [-0.39, 0.29) is 6.03 Å². The fourth-order valence-electron chi connectivity index (χ4n) is 3.34. The monoisotopic (exact) mass is 353 g/mol. The van der Waals surface area contributed by atoms with Gasteiger partial charge >= 0.3 is 6.03 Å². The first-order valence-corrected chi connectivity index (χ1v) is 9.07. The maximum Gasteiger partial charge on any atom is 0.317 e. The molecule has 0 spiro atoms. The lowest BCUT2D eigenvalue weighted by atomic mass is 10.1. The summed E-state index contributed by atoms with van der Waals surface area (Å²) in [5, 5.41) is 3.07. The average molecular weight is 353 g/mol. The summed E-state index contributed by atoms with van der Waals surface area (Å²) < 4.78 is 5.31. The number of ether oxygens (including phenoxy) is 1. The molecule has 26 heavy (non-hydrogen) atoms. The Hall–Kier alpha value is -2.69. The van der Waals surface area contributed by atoms with Crippen LogP contribution in [-0.4, -0.2) is 44.7 Å². The molecular weight excluding hydrogens is 326 g/mol. The summed E-state index contributed by atoms with van der Waals surface area (Å²) in [6, 6.07) is 18.2. The van der Waals surface area contributed by atoms with Crippen LogP contribution in [0.2, 0.25) is 0 Å². The van der Waals surface area contributed by atoms with Gasteiger partial charge in [-0.1, -0.05) is 36.4 Å². The zero-order chi connectivity index (χ0) is 18.4. The van der Waals surface area contributed by atoms with Crippen molar-refractivity contribution in [2.24, 2.45) is 5.92 Å². The van der Waals surface area contributed by atoms with Crippen LogP contribution in [0.1, 0.15) is 12.0 Å². The minimum atomic E-state index is -0.0197. The highest BCUT2D eigenvalue weighted by atomic mass is 16.5. The van der Waals surface area contributed by atoms with E-state index >= 15 is 0 Å². The Bertz CT molecular complexity index is 720. The Labute approximate surface area is 155 Å². The van der Waals surface area contributed by atoms with Crippen molar-refractivity contribution >= 4 is 11.7 Å². The fourth-order valence-corrected chi connectivity index (χ4v) is 3.34. The van der Waals surface area contributed by atoms with Gasteiger partial charge in [-0.2, -0.15) is 0 Å². The van der Waals surface area contributed by atoms with Crippen molar-refractivity contribution in [1.82, 2.24) is 10.2 Å². The summed E-state index contributed by atoms with van der Waals surface area (Å²) in [6.07, 6.45) is 1.08. The summed E-state index contributed by atoms with van der Waals surface area (Å²) in [5.41, 5.74) is 2.31. The molecule has 0 unspecified atom stereocenters. The van der Waals surface area contributed by atoms with Crippen LogP contribution in [0, 0.1) is 5.92 Å². The molecule has 2 aromatic rings. The van der Waals surface area contributed by atoms with E-state index in [4.69, 9.17) is 4.74 Å². The second-order valence-electron chi connectivity index (χ2n) is 6.83. The van der Waals surface area contributed by atoms with E-state index in [9.17, 15) is 4.79 Å². The summed E-state index contributed by atoms with van der Waals surface area (Å²) >= 11 is 0. The van der Waals surface area contributed by atoms with Gasteiger partial charge in [-0.15, -0.1) is 0 Å². The number of nitrogens with one attached hydrogen (secondary N) is 1. The van der Waals surface area contributed by atoms with Gasteiger partial charge in [0, 0.05) is 45.0 Å². The third-order valence-electron chi connectivity index (χ3n) is 4.86. The fraction of sp³-hybridized carbons (Fsp3) is 0.381. The Kier molecular flexibility index (Phi) is 6.00. The van der Waals surface area contributed by atoms with Gasteiger partial charge in [0.05, 0.1) is 7.11 Å². The molecule has 1 aliphatic rings. The first-order chi connectivity index (χ1) is 12.7. The molecule has 0 saturated carbocycles. The first kappa shape index (κ1) is 18.1. The normalized spacial score (nSPS) is 16.4. The van der Waals surface area contributed by atoms with Crippen LogP contribution in [0.15, 0.2) is 54.6 Å². The highest BCUT2D eigenvalue weighted by molar-refractivity contribution is 5.73. The second-order valence-corrected chi connectivity index (χ2v) is 6.83. The minimum Gasteiger partial charge on any atom is -0.497 e. The molecule has 5 nitrogen and oxygen atoms in total. The quantitative estimate of drug-likeness (QED) is 0.866. The van der Waals surface area contributed by atoms with Crippen LogP contribution in [0.5, 0.6) is 5.75 Å². The number of carbonyl (C=O) groups excluding carboxylic acids is 1. The Morgan fingerprint density at radius 1 is 1.23 bits per heavy atom. The molecule has 0 bridgehead atoms. The largest absolute Gasteiger partial charge is 0.497 e. The number of carbonyl (C=O) groups is 1. The van der Waals surface area contributed by atoms with Gasteiger partial charge < -0.3 is 19.9 Å². The smallest absolute Gasteiger partial charge is 0.317 e. The van der Waals surface area contributed by atoms with Crippen LogP contribution >= 0.6 is 0 Å². The molecule has 3 rings (SSSR count). The van der Waals surface area contributed by atoms with E-state index in [0.29, 0.717) is 19.0 Å². The predicted molar refractivity (Wildman–Crippen MR) is 105 cm³/mol. The number of nitrogens with zero attached hydrogens (tertiary/aromatic N) is 2. The van der Waals surface area contributed by atoms with Crippen molar-refractivity contribution < 1.29 is 9.53 Å². The lowest BCUT2D eigenvalue weighted by Gasteiger charge is -2.21. The van der Waals surface area contributed by atoms with E-state index in [2.05, 4.69) is 22.3 Å². The highest BCUT2D eigenvalue weighted by Gasteiger charge is 2.23. The van der Waals surface area contributed by atoms with Crippen molar-refractivity contribution in [3.05, 3.63) is 60.2 Å². The third kappa shape index (κ3) is 4.69. The lowest BCUT2D eigenvalue weighted by Crippen LogP contribution is -2.39. The van der Waals surface area contributed by atoms with Crippen molar-refractivity contribution in [3.8, 4) is 5.75 Å². The van der Waals surface area contributed by atoms with Crippen molar-refractivity contribution in [2.45, 2.75) is 13.0 Å². The molecule has 1 atom stereocenters. The van der Waals surface area contributed by atoms with Gasteiger partial charge in [-0.25, -0.2) is 4.79 Å². The van der Waals surface area contributed by atoms with Gasteiger partial charge in [0.25, 0.3) is 0 Å². The second kappa shape index (κ2) is 8.61. The van der Waals surface area contributed by atoms with E-state index < -0.39 is 0 Å². The Morgan fingerprint density at radius 3 is 2.81 bits per heavy atom. The number of anilines is 1. The van der Waals surface area contributed by atoms with E-state index in [1.54, 1.807) is 12.0 Å². The number of hydrogen-bond acceptors (Lipinski definition) is 3. The molecule has 1 fully saturated rings. The maximum absolute atomic E-state index is 12.3. The number of methoxy groups -OCH3 is 1. The van der Waals surface area contributed by atoms with E-state index in [0.717, 1.165) is 30.8 Å². The predicted octanol–water partition coefficient (Wildman–Crippen LogP) is 3.36. The summed E-state index contributed by atoms with van der Waals surface area (Å²) in [7, 11) is 3.52. The molecule has 138 valence electrons. The Morgan fingerprint density at radius 2 is 2.04 bits per heavy atom. The van der Waals surface area contributed by atoms with E-state index in [1.165, 1.54) is 5.69 Å². The van der Waals surface area contributed by atoms with Crippen molar-refractivity contribution in [2.75, 3.05) is 38.7 Å². The standard InChI is InChI=1S/C21H27N3O2/c1-23(15-17-7-4-3-5-8-17)21(25)22-14-18-11-12-24(16-18)19-9-6-10-20(13-19)26-2/h3-10,13,18H,11-12,14-16H2,1-2H3,(H,22,25)/t18-/m0/s1. The molecule has 1 saturated heterocycles. The summed E-state index contributed by atoms with van der Waals surface area (Å²) in [6.45, 7) is 3.29. The van der Waals surface area contributed by atoms with Crippen LogP contribution < -0.4 is 15.0 Å². The van der Waals surface area contributed by atoms with Crippen LogP contribution in [-0.2, 0) is 6.54 Å². The highest BCUT2D eigenvalue weighted by Crippen LogP contribution is 2.26. The lowest BCUT2D eigenvalue weighted by molar-refractivity contribution is 0.205. The van der Waals surface area contributed by atoms with Gasteiger partial charge in [0.1, 0.15) is 5.75 Å². The Balaban J connectivity index is 1.46. The molecule has 5 heteroatoms. The molecule has 1 N–H and O–H groups in total. The molecule has 1 aliphatic heterocycles. The topological polar surface area (TPSA) is 44.8 Å². The number of hydrogen-bond donors (Lipinski definition) is 1. The number of amides is 2. The molecule has 2 aromatic carbocycles. The number of rotatable bonds is 6. The summed E-state index contributed by atoms with van der Waals surface area (Å²) in [5.74, 6) is 1.34. The zero-order valence-electron chi connectivity index (χ0n) is 15.5. The number of benzene rings is 2. The molecule has 2 amide bonds. The van der Waals surface area contributed by atoms with Crippen molar-refractivity contribution in [3.63, 3.8) is 0 Å². The van der Waals surface area contributed by atoms with Gasteiger partial charge in [-0.05, 0) is 30.0 Å². The van der Waals surface area contributed by atoms with E-state index in [1.807, 2.05) is 49.5 Å². The van der Waals surface area contributed by atoms with Crippen LogP contribution in [0.4, 0.5) is 10.5 Å². The molecule has 0 radical (unpaired) electrons. The molecular formula is C21H27N3O2.